The van der Waals surface area contributed by atoms with Crippen molar-refractivity contribution in [3.05, 3.63) is 72.6 Å². The Morgan fingerprint density at radius 1 is 1.28 bits per heavy atom. The monoisotopic (exact) mass is 415 g/mol. The van der Waals surface area contributed by atoms with E-state index < -0.39 is 17.7 Å². The molecule has 3 rings (SSSR count). The zero-order valence-electron chi connectivity index (χ0n) is 15.7. The third kappa shape index (κ3) is 5.05. The molecule has 0 radical (unpaired) electrons. The Hall–Kier alpha value is -3.07. The summed E-state index contributed by atoms with van der Waals surface area (Å²) in [5, 5.41) is 11.7. The average molecular weight is 415 g/mol. The topological polar surface area (TPSA) is 72.7 Å². The predicted octanol–water partition coefficient (Wildman–Crippen LogP) is 3.77. The number of carbonyl (C=O) groups is 1. The zero-order valence-corrected chi connectivity index (χ0v) is 16.5. The molecule has 0 aliphatic rings. The maximum atomic E-state index is 13.9. The molecular weight excluding hydrogens is 396 g/mol. The number of thioether (sulfide) groups is 1. The van der Waals surface area contributed by atoms with Crippen LogP contribution in [0.1, 0.15) is 18.5 Å². The number of nitrogens with zero attached hydrogens (tertiary/aromatic N) is 4. The van der Waals surface area contributed by atoms with Crippen molar-refractivity contribution in [3.8, 4) is 11.4 Å². The van der Waals surface area contributed by atoms with Crippen molar-refractivity contribution in [1.82, 2.24) is 25.1 Å². The second kappa shape index (κ2) is 9.42. The van der Waals surface area contributed by atoms with Gasteiger partial charge in [-0.15, -0.1) is 16.8 Å². The summed E-state index contributed by atoms with van der Waals surface area (Å²) in [7, 11) is 0. The van der Waals surface area contributed by atoms with Crippen LogP contribution in [-0.4, -0.2) is 31.4 Å². The Labute approximate surface area is 171 Å². The molecule has 0 saturated carbocycles. The van der Waals surface area contributed by atoms with E-state index >= 15 is 0 Å². The minimum atomic E-state index is -0.696. The van der Waals surface area contributed by atoms with Gasteiger partial charge in [0, 0.05) is 36.1 Å². The number of hydrogen-bond acceptors (Lipinski definition) is 5. The lowest BCUT2D eigenvalue weighted by atomic mass is 10.1. The molecule has 0 saturated heterocycles. The highest BCUT2D eigenvalue weighted by molar-refractivity contribution is 7.99. The molecule has 0 fully saturated rings. The van der Waals surface area contributed by atoms with Crippen molar-refractivity contribution in [2.75, 3.05) is 5.75 Å². The number of halogens is 2. The molecule has 0 bridgehead atoms. The Kier molecular flexibility index (Phi) is 6.71. The Morgan fingerprint density at radius 3 is 2.72 bits per heavy atom. The predicted molar refractivity (Wildman–Crippen MR) is 107 cm³/mol. The summed E-state index contributed by atoms with van der Waals surface area (Å²) in [4.78, 5) is 16.3. The Bertz CT molecular complexity index is 1010. The number of benzene rings is 1. The van der Waals surface area contributed by atoms with Crippen molar-refractivity contribution in [2.24, 2.45) is 0 Å². The van der Waals surface area contributed by atoms with Crippen LogP contribution in [0.4, 0.5) is 8.78 Å². The van der Waals surface area contributed by atoms with E-state index in [1.54, 1.807) is 25.4 Å². The van der Waals surface area contributed by atoms with Crippen molar-refractivity contribution < 1.29 is 13.6 Å². The number of pyridine rings is 1. The van der Waals surface area contributed by atoms with Crippen molar-refractivity contribution >= 4 is 17.7 Å². The molecule has 29 heavy (non-hydrogen) atoms. The number of hydrogen-bond donors (Lipinski definition) is 1. The number of carbonyl (C=O) groups excluding carboxylic acids is 1. The molecule has 150 valence electrons. The molecule has 6 nitrogen and oxygen atoms in total. The molecule has 0 unspecified atom stereocenters. The number of allylic oxidation sites excluding steroid dienone is 1. The van der Waals surface area contributed by atoms with Crippen molar-refractivity contribution in [1.29, 1.82) is 0 Å². The highest BCUT2D eigenvalue weighted by Gasteiger charge is 2.17. The summed E-state index contributed by atoms with van der Waals surface area (Å²) >= 11 is 1.21. The molecule has 2 heterocycles. The molecule has 1 amide bonds. The molecule has 1 aromatic carbocycles. The molecule has 3 aromatic rings. The first-order valence-corrected chi connectivity index (χ1v) is 9.79. The first-order valence-electron chi connectivity index (χ1n) is 8.81. The Balaban J connectivity index is 1.67. The van der Waals surface area contributed by atoms with E-state index in [1.165, 1.54) is 17.8 Å². The quantitative estimate of drug-likeness (QED) is 0.448. The largest absolute Gasteiger partial charge is 0.349 e. The normalized spacial score (nSPS) is 11.8. The van der Waals surface area contributed by atoms with Gasteiger partial charge in [0.2, 0.25) is 5.91 Å². The second-order valence-corrected chi connectivity index (χ2v) is 7.13. The van der Waals surface area contributed by atoms with Gasteiger partial charge in [-0.3, -0.25) is 14.3 Å². The van der Waals surface area contributed by atoms with E-state index in [0.29, 0.717) is 17.5 Å². The van der Waals surface area contributed by atoms with Crippen molar-refractivity contribution in [2.45, 2.75) is 24.7 Å². The first kappa shape index (κ1) is 20.7. The van der Waals surface area contributed by atoms with E-state index in [4.69, 9.17) is 0 Å². The summed E-state index contributed by atoms with van der Waals surface area (Å²) in [6, 6.07) is 6.33. The number of rotatable bonds is 8. The summed E-state index contributed by atoms with van der Waals surface area (Å²) in [6.45, 7) is 5.87. The smallest absolute Gasteiger partial charge is 0.230 e. The first-order chi connectivity index (χ1) is 14.0. The van der Waals surface area contributed by atoms with Crippen LogP contribution < -0.4 is 5.32 Å². The second-order valence-electron chi connectivity index (χ2n) is 6.19. The van der Waals surface area contributed by atoms with Gasteiger partial charge in [0.15, 0.2) is 11.0 Å². The van der Waals surface area contributed by atoms with Crippen LogP contribution in [0.25, 0.3) is 11.4 Å². The van der Waals surface area contributed by atoms with Crippen LogP contribution in [-0.2, 0) is 11.3 Å². The number of aromatic nitrogens is 4. The average Bonchev–Trinajstić information content (AvgIpc) is 3.10. The van der Waals surface area contributed by atoms with E-state index in [9.17, 15) is 13.6 Å². The standard InChI is InChI=1S/C20H19F2N5OS/c1-3-10-27-19(14-6-8-23-9-7-14)25-26-20(27)29-12-18(28)24-13(2)16-5-4-15(21)11-17(16)22/h3-9,11,13H,1,10,12H2,2H3,(H,24,28)/t13-/m1/s1. The maximum Gasteiger partial charge on any atom is 0.230 e. The maximum absolute atomic E-state index is 13.9. The van der Waals surface area contributed by atoms with Gasteiger partial charge in [-0.1, -0.05) is 23.9 Å². The fraction of sp³-hybridized carbons (Fsp3) is 0.200. The van der Waals surface area contributed by atoms with Gasteiger partial charge in [-0.2, -0.15) is 0 Å². The van der Waals surface area contributed by atoms with Gasteiger partial charge < -0.3 is 5.32 Å². The van der Waals surface area contributed by atoms with Gasteiger partial charge in [0.1, 0.15) is 11.6 Å². The highest BCUT2D eigenvalue weighted by atomic mass is 32.2. The molecular formula is C20H19F2N5OS. The molecule has 9 heteroatoms. The van der Waals surface area contributed by atoms with Gasteiger partial charge in [0.25, 0.3) is 0 Å². The van der Waals surface area contributed by atoms with Gasteiger partial charge in [-0.05, 0) is 25.1 Å². The van der Waals surface area contributed by atoms with Crippen LogP contribution in [0.15, 0.2) is 60.5 Å². The molecule has 1 N–H and O–H groups in total. The van der Waals surface area contributed by atoms with Crippen LogP contribution in [0.2, 0.25) is 0 Å². The molecule has 0 aliphatic heterocycles. The van der Waals surface area contributed by atoms with Gasteiger partial charge in [0.05, 0.1) is 11.8 Å². The lowest BCUT2D eigenvalue weighted by molar-refractivity contribution is -0.119. The molecule has 0 spiro atoms. The van der Waals surface area contributed by atoms with E-state index in [0.717, 1.165) is 17.7 Å². The zero-order chi connectivity index (χ0) is 20.8. The van der Waals surface area contributed by atoms with Crippen LogP contribution in [0.5, 0.6) is 0 Å². The lowest BCUT2D eigenvalue weighted by Crippen LogP contribution is -2.28. The third-order valence-corrected chi connectivity index (χ3v) is 5.07. The number of nitrogens with one attached hydrogen (secondary N) is 1. The summed E-state index contributed by atoms with van der Waals surface area (Å²) < 4.78 is 28.8. The third-order valence-electron chi connectivity index (χ3n) is 4.11. The van der Waals surface area contributed by atoms with E-state index in [-0.39, 0.29) is 17.2 Å². The van der Waals surface area contributed by atoms with Gasteiger partial charge in [-0.25, -0.2) is 8.78 Å². The fourth-order valence-corrected chi connectivity index (χ4v) is 3.51. The Morgan fingerprint density at radius 2 is 2.03 bits per heavy atom. The summed E-state index contributed by atoms with van der Waals surface area (Å²) in [5.74, 6) is -0.939. The van der Waals surface area contributed by atoms with Crippen molar-refractivity contribution in [3.63, 3.8) is 0 Å². The van der Waals surface area contributed by atoms with E-state index in [1.807, 2.05) is 16.7 Å². The minimum Gasteiger partial charge on any atom is -0.349 e. The SMILES string of the molecule is C=CCn1c(SCC(=O)N[C@H](C)c2ccc(F)cc2F)nnc1-c1ccncc1. The molecule has 1 atom stereocenters. The number of amides is 1. The summed E-state index contributed by atoms with van der Waals surface area (Å²) in [6.07, 6.45) is 5.05. The lowest BCUT2D eigenvalue weighted by Gasteiger charge is -2.15. The van der Waals surface area contributed by atoms with Crippen LogP contribution in [0, 0.1) is 11.6 Å². The van der Waals surface area contributed by atoms with Crippen LogP contribution >= 0.6 is 11.8 Å². The van der Waals surface area contributed by atoms with E-state index in [2.05, 4.69) is 27.1 Å². The summed E-state index contributed by atoms with van der Waals surface area (Å²) in [5.41, 5.74) is 1.07. The molecule has 0 aliphatic carbocycles. The van der Waals surface area contributed by atoms with Crippen LogP contribution in [0.3, 0.4) is 0 Å². The highest BCUT2D eigenvalue weighted by Crippen LogP contribution is 2.24. The fourth-order valence-electron chi connectivity index (χ4n) is 2.75. The molecule has 2 aromatic heterocycles. The minimum absolute atomic E-state index is 0.0682. The van der Waals surface area contributed by atoms with Gasteiger partial charge >= 0.3 is 0 Å².